The molecule has 17 heavy (non-hydrogen) atoms. The first kappa shape index (κ1) is 10.2. The minimum Gasteiger partial charge on any atom is -0.459 e. The Morgan fingerprint density at radius 3 is 3.12 bits per heavy atom. The minimum atomic E-state index is -1.66. The first-order valence-corrected chi connectivity index (χ1v) is 6.14. The minimum absolute atomic E-state index is 0.254. The Kier molecular flexibility index (Phi) is 2.09. The van der Waals surface area contributed by atoms with Gasteiger partial charge in [0.25, 0.3) is 0 Å². The van der Waals surface area contributed by atoms with Crippen molar-refractivity contribution in [3.8, 4) is 17.5 Å². The lowest BCUT2D eigenvalue weighted by atomic mass is 10.4. The summed E-state index contributed by atoms with van der Waals surface area (Å²) in [5.74, 6) is 0.445. The molecule has 2 aliphatic heterocycles. The second-order valence-electron chi connectivity index (χ2n) is 3.48. The van der Waals surface area contributed by atoms with E-state index < -0.39 is 7.57 Å². The summed E-state index contributed by atoms with van der Waals surface area (Å²) in [6.45, 7) is 3.88. The van der Waals surface area contributed by atoms with Crippen LogP contribution in [0.4, 0.5) is 0 Å². The first-order valence-electron chi connectivity index (χ1n) is 4.93. The second-order valence-corrected chi connectivity index (χ2v) is 5.05. The molecule has 1 aromatic heterocycles. The van der Waals surface area contributed by atoms with Crippen LogP contribution in [0, 0.1) is 0 Å². The number of aryl methyl sites for hydroxylation is 1. The number of aromatic amines is 1. The van der Waals surface area contributed by atoms with Gasteiger partial charge in [-0.25, -0.2) is 0 Å². The fraction of sp³-hybridized carbons (Fsp3) is 0.222. The van der Waals surface area contributed by atoms with Crippen LogP contribution in [0.25, 0.3) is 22.5 Å². The Hall–Kier alpha value is -2.01. The molecular weight excluding hydrogens is 241 g/mol. The Bertz CT molecular complexity index is 718. The van der Waals surface area contributed by atoms with E-state index in [1.165, 1.54) is 0 Å². The van der Waals surface area contributed by atoms with Gasteiger partial charge in [0, 0.05) is 0 Å². The van der Waals surface area contributed by atoms with Gasteiger partial charge in [-0.05, 0) is 4.57 Å². The van der Waals surface area contributed by atoms with Gasteiger partial charge in [-0.2, -0.15) is 15.0 Å². The zero-order valence-electron chi connectivity index (χ0n) is 9.04. The SMILES string of the molecule is C=CCOc1nc2nc3[nH]c(c-2n1)n(C)[p+]3=O. The molecule has 8 heteroatoms. The lowest BCUT2D eigenvalue weighted by Gasteiger charge is -1.92. The fourth-order valence-electron chi connectivity index (χ4n) is 1.60. The van der Waals surface area contributed by atoms with Crippen molar-refractivity contribution < 1.29 is 9.30 Å². The van der Waals surface area contributed by atoms with Crippen molar-refractivity contribution >= 4 is 18.6 Å². The summed E-state index contributed by atoms with van der Waals surface area (Å²) in [6, 6.07) is 0.254. The highest BCUT2D eigenvalue weighted by atomic mass is 31.1. The molecular formula is C9H9N5O2P+. The Morgan fingerprint density at radius 2 is 2.35 bits per heavy atom. The van der Waals surface area contributed by atoms with Crippen LogP contribution in [0.5, 0.6) is 6.01 Å². The van der Waals surface area contributed by atoms with E-state index in [4.69, 9.17) is 4.74 Å². The van der Waals surface area contributed by atoms with E-state index in [-0.39, 0.29) is 6.01 Å². The van der Waals surface area contributed by atoms with Crippen molar-refractivity contribution in [2.75, 3.05) is 6.61 Å². The van der Waals surface area contributed by atoms with E-state index >= 15 is 0 Å². The predicted molar refractivity (Wildman–Crippen MR) is 61.8 cm³/mol. The second kappa shape index (κ2) is 3.49. The molecule has 0 aromatic carbocycles. The number of hydrogen-bond donors (Lipinski definition) is 1. The van der Waals surface area contributed by atoms with Gasteiger partial charge in [0.15, 0.2) is 17.2 Å². The van der Waals surface area contributed by atoms with Crippen LogP contribution in [0.1, 0.15) is 0 Å². The lowest BCUT2D eigenvalue weighted by molar-refractivity contribution is 0.338. The van der Waals surface area contributed by atoms with Crippen molar-refractivity contribution in [3.05, 3.63) is 12.7 Å². The summed E-state index contributed by atoms with van der Waals surface area (Å²) in [5.41, 5.74) is 1.23. The molecule has 2 aliphatic rings. The number of imidazole rings is 1. The van der Waals surface area contributed by atoms with E-state index in [1.807, 2.05) is 0 Å². The molecule has 2 bridgehead atoms. The number of nitrogens with zero attached hydrogens (tertiary/aromatic N) is 4. The molecule has 0 amide bonds. The lowest BCUT2D eigenvalue weighted by Crippen LogP contribution is -1.93. The predicted octanol–water partition coefficient (Wildman–Crippen LogP) is 1.54. The smallest absolute Gasteiger partial charge is 0.459 e. The van der Waals surface area contributed by atoms with E-state index in [2.05, 4.69) is 26.5 Å². The van der Waals surface area contributed by atoms with Crippen molar-refractivity contribution in [1.82, 2.24) is 24.3 Å². The summed E-state index contributed by atoms with van der Waals surface area (Å²) < 4.78 is 18.6. The Balaban J connectivity index is 2.22. The molecule has 0 radical (unpaired) electrons. The maximum Gasteiger partial charge on any atom is 0.543 e. The number of ether oxygens (including phenoxy) is 1. The van der Waals surface area contributed by atoms with Crippen LogP contribution < -0.4 is 4.74 Å². The van der Waals surface area contributed by atoms with Crippen molar-refractivity contribution in [1.29, 1.82) is 0 Å². The number of nitrogens with one attached hydrogen (secondary N) is 1. The van der Waals surface area contributed by atoms with Crippen LogP contribution in [0.3, 0.4) is 0 Å². The molecule has 1 unspecified atom stereocenters. The van der Waals surface area contributed by atoms with Gasteiger partial charge >= 0.3 is 19.0 Å². The zero-order chi connectivity index (χ0) is 12.0. The molecule has 0 saturated carbocycles. The molecule has 0 aliphatic carbocycles. The number of fused-ring (bicyclic) bond motifs is 4. The molecule has 3 heterocycles. The van der Waals surface area contributed by atoms with Gasteiger partial charge in [-0.1, -0.05) is 12.7 Å². The normalized spacial score (nSPS) is 12.4. The van der Waals surface area contributed by atoms with Crippen LogP contribution in [-0.2, 0) is 11.6 Å². The fourth-order valence-corrected chi connectivity index (χ4v) is 2.59. The topological polar surface area (TPSA) is 85.7 Å². The Labute approximate surface area is 96.7 Å². The number of rotatable bonds is 3. The van der Waals surface area contributed by atoms with E-state index in [0.717, 1.165) is 0 Å². The maximum atomic E-state index is 11.8. The molecule has 1 N–H and O–H groups in total. The van der Waals surface area contributed by atoms with Crippen molar-refractivity contribution in [2.45, 2.75) is 0 Å². The maximum absolute atomic E-state index is 11.8. The molecule has 3 rings (SSSR count). The number of hydrogen-bond acceptors (Lipinski definition) is 5. The van der Waals surface area contributed by atoms with Crippen molar-refractivity contribution in [2.24, 2.45) is 7.05 Å². The summed E-state index contributed by atoms with van der Waals surface area (Å²) in [6.07, 6.45) is 1.61. The largest absolute Gasteiger partial charge is 0.543 e. The van der Waals surface area contributed by atoms with Gasteiger partial charge in [0.05, 0.1) is 7.05 Å². The quantitative estimate of drug-likeness (QED) is 0.712. The van der Waals surface area contributed by atoms with Crippen LogP contribution in [0.15, 0.2) is 12.7 Å². The highest BCUT2D eigenvalue weighted by molar-refractivity contribution is 7.38. The number of H-pyrrole nitrogens is 1. The first-order chi connectivity index (χ1) is 8.20. The van der Waals surface area contributed by atoms with E-state index in [0.29, 0.717) is 29.2 Å². The number of aromatic nitrogens is 5. The van der Waals surface area contributed by atoms with Crippen LogP contribution in [0.2, 0.25) is 0 Å². The van der Waals surface area contributed by atoms with Gasteiger partial charge in [0.2, 0.25) is 0 Å². The average molecular weight is 250 g/mol. The van der Waals surface area contributed by atoms with Crippen LogP contribution >= 0.6 is 7.57 Å². The van der Waals surface area contributed by atoms with Gasteiger partial charge in [-0.15, -0.1) is 4.33 Å². The third kappa shape index (κ3) is 1.39. The summed E-state index contributed by atoms with van der Waals surface area (Å²) in [7, 11) is 0.0602. The summed E-state index contributed by atoms with van der Waals surface area (Å²) in [5, 5.41) is 0.417. The highest BCUT2D eigenvalue weighted by Crippen LogP contribution is 2.32. The molecule has 1 aromatic rings. The molecule has 0 fully saturated rings. The van der Waals surface area contributed by atoms with E-state index in [1.54, 1.807) is 17.5 Å². The molecule has 0 saturated heterocycles. The third-order valence-electron chi connectivity index (χ3n) is 2.39. The zero-order valence-corrected chi connectivity index (χ0v) is 9.94. The van der Waals surface area contributed by atoms with Gasteiger partial charge < -0.3 is 4.74 Å². The molecule has 86 valence electrons. The summed E-state index contributed by atoms with van der Waals surface area (Å²) in [4.78, 5) is 15.4. The van der Waals surface area contributed by atoms with Crippen LogP contribution in [-0.4, -0.2) is 30.9 Å². The molecule has 1 atom stereocenters. The van der Waals surface area contributed by atoms with E-state index in [9.17, 15) is 4.57 Å². The Morgan fingerprint density at radius 1 is 1.53 bits per heavy atom. The average Bonchev–Trinajstić information content (AvgIpc) is 2.84. The third-order valence-corrected chi connectivity index (χ3v) is 3.71. The highest BCUT2D eigenvalue weighted by Gasteiger charge is 2.28. The van der Waals surface area contributed by atoms with Gasteiger partial charge in [-0.3, -0.25) is 4.98 Å². The summed E-state index contributed by atoms with van der Waals surface area (Å²) >= 11 is 0. The monoisotopic (exact) mass is 250 g/mol. The standard InChI is InChI=1S/C9H9N5O2P/c1-3-4-16-8-10-5-6(11-8)12-9-13-7(5)14(2)17(9)15/h3H,1,4H2,2H3,(H,10,11,12,13)/q+1. The molecule has 0 spiro atoms. The molecule has 7 nitrogen and oxygen atoms in total. The van der Waals surface area contributed by atoms with Crippen molar-refractivity contribution in [3.63, 3.8) is 0 Å². The van der Waals surface area contributed by atoms with Gasteiger partial charge in [0.1, 0.15) is 6.61 Å².